The van der Waals surface area contributed by atoms with Crippen LogP contribution in [0, 0.1) is 0 Å². The van der Waals surface area contributed by atoms with Crippen molar-refractivity contribution in [3.63, 3.8) is 0 Å². The quantitative estimate of drug-likeness (QED) is 0.558. The van der Waals surface area contributed by atoms with Crippen LogP contribution in [0.1, 0.15) is 26.2 Å². The van der Waals surface area contributed by atoms with E-state index in [4.69, 9.17) is 14.2 Å². The van der Waals surface area contributed by atoms with Crippen LogP contribution in [0.25, 0.3) is 0 Å². The number of aliphatic hydroxyl groups excluding tert-OH is 1. The van der Waals surface area contributed by atoms with Gasteiger partial charge < -0.3 is 19.3 Å². The molecule has 0 amide bonds. The van der Waals surface area contributed by atoms with Gasteiger partial charge in [-0.2, -0.15) is 0 Å². The van der Waals surface area contributed by atoms with Gasteiger partial charge in [-0.1, -0.05) is 6.58 Å². The summed E-state index contributed by atoms with van der Waals surface area (Å²) in [6, 6.07) is 0. The summed E-state index contributed by atoms with van der Waals surface area (Å²) in [5.41, 5.74) is 0.314. The summed E-state index contributed by atoms with van der Waals surface area (Å²) in [7, 11) is 0. The van der Waals surface area contributed by atoms with Gasteiger partial charge in [0.15, 0.2) is 6.29 Å². The Kier molecular flexibility index (Phi) is 6.18. The van der Waals surface area contributed by atoms with Crippen molar-refractivity contribution in [2.45, 2.75) is 38.6 Å². The van der Waals surface area contributed by atoms with Crippen molar-refractivity contribution >= 4 is 5.97 Å². The molecule has 1 fully saturated rings. The highest BCUT2D eigenvalue weighted by Crippen LogP contribution is 2.13. The number of esters is 1. The number of hydrogen-bond acceptors (Lipinski definition) is 5. The van der Waals surface area contributed by atoms with Gasteiger partial charge in [-0.25, -0.2) is 4.79 Å². The van der Waals surface area contributed by atoms with Crippen molar-refractivity contribution in [2.24, 2.45) is 0 Å². The molecule has 2 unspecified atom stereocenters. The average Bonchev–Trinajstić information content (AvgIpc) is 2.34. The molecular weight excluding hydrogens is 224 g/mol. The molecule has 1 N–H and O–H groups in total. The summed E-state index contributed by atoms with van der Waals surface area (Å²) in [5, 5.41) is 9.52. The molecule has 1 heterocycles. The summed E-state index contributed by atoms with van der Waals surface area (Å²) in [6.45, 7) is 5.72. The second kappa shape index (κ2) is 7.42. The molecule has 5 heteroatoms. The van der Waals surface area contributed by atoms with E-state index in [0.717, 1.165) is 19.3 Å². The molecule has 1 saturated heterocycles. The lowest BCUT2D eigenvalue weighted by molar-refractivity contribution is -0.180. The molecule has 5 nitrogen and oxygen atoms in total. The van der Waals surface area contributed by atoms with E-state index in [-0.39, 0.29) is 19.5 Å². The molecule has 1 aliphatic heterocycles. The first kappa shape index (κ1) is 14.2. The highest BCUT2D eigenvalue weighted by molar-refractivity contribution is 5.86. The molecular formula is C12H20O5. The summed E-state index contributed by atoms with van der Waals surface area (Å²) >= 11 is 0. The van der Waals surface area contributed by atoms with E-state index in [9.17, 15) is 9.90 Å². The van der Waals surface area contributed by atoms with Crippen LogP contribution >= 0.6 is 0 Å². The molecule has 98 valence electrons. The normalized spacial score (nSPS) is 21.9. The minimum absolute atomic E-state index is 0.0849. The number of carbonyl (C=O) groups is 1. The van der Waals surface area contributed by atoms with Gasteiger partial charge in [0.1, 0.15) is 12.7 Å². The van der Waals surface area contributed by atoms with Gasteiger partial charge >= 0.3 is 5.97 Å². The van der Waals surface area contributed by atoms with E-state index >= 15 is 0 Å². The van der Waals surface area contributed by atoms with Crippen LogP contribution in [0.5, 0.6) is 0 Å². The predicted octanol–water partition coefficient (Wildman–Crippen LogP) is 1.01. The van der Waals surface area contributed by atoms with Crippen LogP contribution in [0.15, 0.2) is 12.2 Å². The maximum Gasteiger partial charge on any atom is 0.333 e. The third kappa shape index (κ3) is 5.81. The Morgan fingerprint density at radius 1 is 1.53 bits per heavy atom. The average molecular weight is 244 g/mol. The maximum absolute atomic E-state index is 11.1. The zero-order valence-corrected chi connectivity index (χ0v) is 10.2. The van der Waals surface area contributed by atoms with Crippen LogP contribution < -0.4 is 0 Å². The summed E-state index contributed by atoms with van der Waals surface area (Å²) < 4.78 is 15.5. The van der Waals surface area contributed by atoms with Crippen LogP contribution in [0.4, 0.5) is 0 Å². The van der Waals surface area contributed by atoms with Gasteiger partial charge in [0.2, 0.25) is 0 Å². The lowest BCUT2D eigenvalue weighted by Gasteiger charge is -2.23. The van der Waals surface area contributed by atoms with E-state index in [0.29, 0.717) is 12.2 Å². The molecule has 2 atom stereocenters. The molecule has 0 saturated carbocycles. The summed E-state index contributed by atoms with van der Waals surface area (Å²) in [4.78, 5) is 11.1. The van der Waals surface area contributed by atoms with Crippen LogP contribution in [-0.2, 0) is 19.0 Å². The van der Waals surface area contributed by atoms with Crippen molar-refractivity contribution in [1.29, 1.82) is 0 Å². The van der Waals surface area contributed by atoms with Crippen molar-refractivity contribution in [1.82, 2.24) is 0 Å². The first-order valence-electron chi connectivity index (χ1n) is 5.83. The number of ether oxygens (including phenoxy) is 3. The van der Waals surface area contributed by atoms with Crippen LogP contribution in [-0.4, -0.2) is 43.3 Å². The number of carbonyl (C=O) groups excluding carboxylic acids is 1. The zero-order chi connectivity index (χ0) is 12.7. The number of hydrogen-bond donors (Lipinski definition) is 1. The molecule has 0 aromatic rings. The fourth-order valence-electron chi connectivity index (χ4n) is 1.40. The van der Waals surface area contributed by atoms with Crippen LogP contribution in [0.2, 0.25) is 0 Å². The number of rotatable bonds is 6. The lowest BCUT2D eigenvalue weighted by Crippen LogP contribution is -2.29. The third-order valence-corrected chi connectivity index (χ3v) is 2.37. The minimum Gasteiger partial charge on any atom is -0.460 e. The molecule has 0 aromatic heterocycles. The first-order valence-corrected chi connectivity index (χ1v) is 5.83. The van der Waals surface area contributed by atoms with Crippen molar-refractivity contribution < 1.29 is 24.1 Å². The smallest absolute Gasteiger partial charge is 0.333 e. The molecule has 1 rings (SSSR count). The van der Waals surface area contributed by atoms with Gasteiger partial charge in [-0.3, -0.25) is 0 Å². The van der Waals surface area contributed by atoms with Crippen molar-refractivity contribution in [3.8, 4) is 0 Å². The third-order valence-electron chi connectivity index (χ3n) is 2.37. The molecule has 0 spiro atoms. The van der Waals surface area contributed by atoms with Gasteiger partial charge in [-0.05, 0) is 26.2 Å². The van der Waals surface area contributed by atoms with Gasteiger partial charge in [0.05, 0.1) is 6.61 Å². The highest BCUT2D eigenvalue weighted by Gasteiger charge is 2.16. The Morgan fingerprint density at radius 3 is 2.88 bits per heavy atom. The van der Waals surface area contributed by atoms with E-state index in [1.807, 2.05) is 0 Å². The Bertz CT molecular complexity index is 258. The molecule has 0 aromatic carbocycles. The second-order valence-electron chi connectivity index (χ2n) is 4.16. The van der Waals surface area contributed by atoms with E-state index in [1.54, 1.807) is 6.92 Å². The van der Waals surface area contributed by atoms with E-state index < -0.39 is 12.1 Å². The lowest BCUT2D eigenvalue weighted by atomic mass is 10.2. The second-order valence-corrected chi connectivity index (χ2v) is 4.16. The molecule has 1 aliphatic rings. The molecule has 0 aliphatic carbocycles. The Hall–Kier alpha value is -0.910. The topological polar surface area (TPSA) is 65.0 Å². The Labute approximate surface area is 101 Å². The first-order chi connectivity index (χ1) is 8.09. The van der Waals surface area contributed by atoms with Crippen molar-refractivity contribution in [2.75, 3.05) is 19.8 Å². The monoisotopic (exact) mass is 244 g/mol. The minimum atomic E-state index is -0.830. The number of aliphatic hydroxyl groups is 1. The maximum atomic E-state index is 11.1. The largest absolute Gasteiger partial charge is 0.460 e. The summed E-state index contributed by atoms with van der Waals surface area (Å²) in [5.74, 6) is -0.502. The van der Waals surface area contributed by atoms with Gasteiger partial charge in [0.25, 0.3) is 0 Å². The van der Waals surface area contributed by atoms with E-state index in [1.165, 1.54) is 0 Å². The highest BCUT2D eigenvalue weighted by atomic mass is 16.7. The molecule has 0 radical (unpaired) electrons. The SMILES string of the molecule is C=C(C)C(=O)OCC(O)COC1CCCCO1. The molecule has 0 bridgehead atoms. The van der Waals surface area contributed by atoms with Crippen molar-refractivity contribution in [3.05, 3.63) is 12.2 Å². The predicted molar refractivity (Wildman–Crippen MR) is 61.3 cm³/mol. The van der Waals surface area contributed by atoms with Gasteiger partial charge in [-0.15, -0.1) is 0 Å². The molecule has 17 heavy (non-hydrogen) atoms. The summed E-state index contributed by atoms with van der Waals surface area (Å²) in [6.07, 6.45) is 1.90. The van der Waals surface area contributed by atoms with Crippen LogP contribution in [0.3, 0.4) is 0 Å². The standard InChI is InChI=1S/C12H20O5/c1-9(2)12(14)17-8-10(13)7-16-11-5-3-4-6-15-11/h10-11,13H,1,3-8H2,2H3. The Morgan fingerprint density at radius 2 is 2.29 bits per heavy atom. The Balaban J connectivity index is 2.09. The van der Waals surface area contributed by atoms with E-state index in [2.05, 4.69) is 6.58 Å². The zero-order valence-electron chi connectivity index (χ0n) is 10.2. The van der Waals surface area contributed by atoms with Gasteiger partial charge in [0, 0.05) is 12.2 Å². The fraction of sp³-hybridized carbons (Fsp3) is 0.750. The fourth-order valence-corrected chi connectivity index (χ4v) is 1.40.